The van der Waals surface area contributed by atoms with Gasteiger partial charge in [-0.15, -0.1) is 0 Å². The molecular formula is C27H26O8S2. The van der Waals surface area contributed by atoms with Crippen LogP contribution in [-0.4, -0.2) is 47.7 Å². The number of ether oxygens (including phenoxy) is 2. The molecule has 0 aliphatic carbocycles. The Labute approximate surface area is 216 Å². The number of sulfone groups is 1. The minimum absolute atomic E-state index is 0.0733. The van der Waals surface area contributed by atoms with Crippen molar-refractivity contribution in [2.24, 2.45) is 0 Å². The fourth-order valence-corrected chi connectivity index (χ4v) is 5.80. The molecule has 3 aromatic carbocycles. The summed E-state index contributed by atoms with van der Waals surface area (Å²) in [7, 11) is -8.14. The van der Waals surface area contributed by atoms with Crippen molar-refractivity contribution in [2.75, 3.05) is 6.61 Å². The minimum atomic E-state index is -4.29. The molecule has 0 spiro atoms. The first-order valence-electron chi connectivity index (χ1n) is 11.4. The molecule has 37 heavy (non-hydrogen) atoms. The van der Waals surface area contributed by atoms with Crippen LogP contribution in [0, 0.1) is 13.8 Å². The molecule has 10 heteroatoms. The van der Waals surface area contributed by atoms with E-state index < -0.39 is 44.2 Å². The van der Waals surface area contributed by atoms with Gasteiger partial charge in [0.1, 0.15) is 12.2 Å². The Balaban J connectivity index is 1.61. The molecule has 0 N–H and O–H groups in total. The SMILES string of the molecule is Cc1ccc(S(=O)(=O)/C=C/[C@@H]2OC[C@@H](OC(=O)c3ccccc3)[C@@H]2OS(=O)(=O)c2ccc(C)cc2)cc1. The number of aryl methyl sites for hydroxylation is 2. The van der Waals surface area contributed by atoms with Crippen LogP contribution in [-0.2, 0) is 33.6 Å². The molecule has 0 bridgehead atoms. The van der Waals surface area contributed by atoms with E-state index in [1.165, 1.54) is 30.3 Å². The van der Waals surface area contributed by atoms with Crippen LogP contribution < -0.4 is 0 Å². The smallest absolute Gasteiger partial charge is 0.338 e. The molecule has 0 unspecified atom stereocenters. The summed E-state index contributed by atoms with van der Waals surface area (Å²) in [4.78, 5) is 12.6. The molecule has 1 saturated heterocycles. The molecular weight excluding hydrogens is 516 g/mol. The van der Waals surface area contributed by atoms with Gasteiger partial charge in [-0.1, -0.05) is 53.6 Å². The third-order valence-electron chi connectivity index (χ3n) is 5.76. The number of carbonyl (C=O) groups excluding carboxylic acids is 1. The van der Waals surface area contributed by atoms with Gasteiger partial charge in [0.25, 0.3) is 10.1 Å². The Bertz CT molecular complexity index is 1480. The first kappa shape index (κ1) is 26.7. The molecule has 8 nitrogen and oxygen atoms in total. The Morgan fingerprint density at radius 2 is 1.41 bits per heavy atom. The summed E-state index contributed by atoms with van der Waals surface area (Å²) in [6, 6.07) is 20.5. The Kier molecular flexibility index (Phi) is 7.93. The molecule has 1 aliphatic heterocycles. The van der Waals surface area contributed by atoms with Gasteiger partial charge in [-0.3, -0.25) is 4.18 Å². The lowest BCUT2D eigenvalue weighted by molar-refractivity contribution is 0.00654. The topological polar surface area (TPSA) is 113 Å². The van der Waals surface area contributed by atoms with E-state index >= 15 is 0 Å². The molecule has 3 atom stereocenters. The van der Waals surface area contributed by atoms with Crippen molar-refractivity contribution in [2.45, 2.75) is 42.0 Å². The standard InChI is InChI=1S/C27H26O8S2/c1-19-8-12-22(13-9-19)36(29,30)17-16-24-26(35-37(31,32)23-14-10-20(2)11-15-23)25(18-33-24)34-27(28)21-6-4-3-5-7-21/h3-17,24-26H,18H2,1-2H3/b17-16+/t24-,25+,26+/m0/s1. The van der Waals surface area contributed by atoms with Gasteiger partial charge in [-0.2, -0.15) is 8.42 Å². The summed E-state index contributed by atoms with van der Waals surface area (Å²) >= 11 is 0. The van der Waals surface area contributed by atoms with Gasteiger partial charge in [-0.05, 0) is 56.3 Å². The maximum absolute atomic E-state index is 13.0. The second-order valence-electron chi connectivity index (χ2n) is 8.62. The van der Waals surface area contributed by atoms with Crippen molar-refractivity contribution >= 4 is 25.9 Å². The average Bonchev–Trinajstić information content (AvgIpc) is 3.24. The predicted molar refractivity (Wildman–Crippen MR) is 136 cm³/mol. The Morgan fingerprint density at radius 3 is 2.00 bits per heavy atom. The molecule has 1 fully saturated rings. The summed E-state index contributed by atoms with van der Waals surface area (Å²) in [6.07, 6.45) is -2.33. The molecule has 4 rings (SSSR count). The summed E-state index contributed by atoms with van der Waals surface area (Å²) in [5, 5.41) is 0.943. The van der Waals surface area contributed by atoms with Crippen LogP contribution in [0.5, 0.6) is 0 Å². The number of hydrogen-bond acceptors (Lipinski definition) is 8. The molecule has 0 radical (unpaired) electrons. The van der Waals surface area contributed by atoms with Gasteiger partial charge in [0.15, 0.2) is 15.9 Å². The van der Waals surface area contributed by atoms with Gasteiger partial charge in [-0.25, -0.2) is 13.2 Å². The van der Waals surface area contributed by atoms with Crippen LogP contribution in [0.2, 0.25) is 0 Å². The van der Waals surface area contributed by atoms with E-state index in [0.717, 1.165) is 16.5 Å². The zero-order valence-electron chi connectivity index (χ0n) is 20.2. The van der Waals surface area contributed by atoms with Crippen LogP contribution in [0.1, 0.15) is 21.5 Å². The Hall–Kier alpha value is -3.31. The van der Waals surface area contributed by atoms with Crippen LogP contribution in [0.3, 0.4) is 0 Å². The van der Waals surface area contributed by atoms with Gasteiger partial charge >= 0.3 is 5.97 Å². The molecule has 0 amide bonds. The van der Waals surface area contributed by atoms with E-state index in [-0.39, 0.29) is 22.0 Å². The highest BCUT2D eigenvalue weighted by molar-refractivity contribution is 7.94. The molecule has 0 saturated carbocycles. The first-order valence-corrected chi connectivity index (χ1v) is 14.4. The second kappa shape index (κ2) is 11.0. The van der Waals surface area contributed by atoms with Gasteiger partial charge in [0.2, 0.25) is 0 Å². The van der Waals surface area contributed by atoms with Gasteiger partial charge in [0.05, 0.1) is 22.0 Å². The third-order valence-corrected chi connectivity index (χ3v) is 8.53. The van der Waals surface area contributed by atoms with Crippen LogP contribution in [0.15, 0.2) is 100 Å². The van der Waals surface area contributed by atoms with Crippen molar-refractivity contribution in [1.82, 2.24) is 0 Å². The van der Waals surface area contributed by atoms with Crippen molar-refractivity contribution in [1.29, 1.82) is 0 Å². The minimum Gasteiger partial charge on any atom is -0.453 e. The van der Waals surface area contributed by atoms with E-state index in [9.17, 15) is 21.6 Å². The third kappa shape index (κ3) is 6.53. The summed E-state index contributed by atoms with van der Waals surface area (Å²) < 4.78 is 68.4. The maximum atomic E-state index is 13.0. The highest BCUT2D eigenvalue weighted by Gasteiger charge is 2.43. The monoisotopic (exact) mass is 542 g/mol. The second-order valence-corrected chi connectivity index (χ2v) is 12.0. The van der Waals surface area contributed by atoms with Gasteiger partial charge in [0, 0.05) is 5.41 Å². The van der Waals surface area contributed by atoms with Crippen molar-refractivity contribution < 1.29 is 35.3 Å². The van der Waals surface area contributed by atoms with Crippen molar-refractivity contribution in [3.8, 4) is 0 Å². The highest BCUT2D eigenvalue weighted by Crippen LogP contribution is 2.28. The zero-order chi connectivity index (χ0) is 26.6. The summed E-state index contributed by atoms with van der Waals surface area (Å²) in [5.74, 6) is -0.688. The number of benzene rings is 3. The fourth-order valence-electron chi connectivity index (χ4n) is 3.66. The largest absolute Gasteiger partial charge is 0.453 e. The number of rotatable bonds is 8. The molecule has 3 aromatic rings. The summed E-state index contributed by atoms with van der Waals surface area (Å²) in [6.45, 7) is 3.47. The van der Waals surface area contributed by atoms with Crippen molar-refractivity contribution in [3.63, 3.8) is 0 Å². The summed E-state index contributed by atoms with van der Waals surface area (Å²) in [5.41, 5.74) is 2.03. The highest BCUT2D eigenvalue weighted by atomic mass is 32.2. The number of esters is 1. The lowest BCUT2D eigenvalue weighted by Crippen LogP contribution is -2.37. The molecule has 1 aliphatic rings. The number of carbonyl (C=O) groups is 1. The van der Waals surface area contributed by atoms with E-state index in [1.54, 1.807) is 54.6 Å². The fraction of sp³-hybridized carbons (Fsp3) is 0.222. The van der Waals surface area contributed by atoms with E-state index in [4.69, 9.17) is 13.7 Å². The van der Waals surface area contributed by atoms with Crippen LogP contribution >= 0.6 is 0 Å². The molecule has 0 aromatic heterocycles. The average molecular weight is 543 g/mol. The van der Waals surface area contributed by atoms with E-state index in [0.29, 0.717) is 0 Å². The lowest BCUT2D eigenvalue weighted by Gasteiger charge is -2.21. The first-order chi connectivity index (χ1) is 17.5. The zero-order valence-corrected chi connectivity index (χ0v) is 21.8. The molecule has 194 valence electrons. The van der Waals surface area contributed by atoms with E-state index in [2.05, 4.69) is 0 Å². The normalized spacial score (nSPS) is 20.2. The van der Waals surface area contributed by atoms with Crippen LogP contribution in [0.25, 0.3) is 0 Å². The quantitative estimate of drug-likeness (QED) is 0.310. The Morgan fingerprint density at radius 1 is 0.838 bits per heavy atom. The maximum Gasteiger partial charge on any atom is 0.338 e. The van der Waals surface area contributed by atoms with Crippen LogP contribution in [0.4, 0.5) is 0 Å². The molecule has 1 heterocycles. The van der Waals surface area contributed by atoms with E-state index in [1.807, 2.05) is 13.8 Å². The van der Waals surface area contributed by atoms with Crippen molar-refractivity contribution in [3.05, 3.63) is 107 Å². The number of hydrogen-bond donors (Lipinski definition) is 0. The predicted octanol–water partition coefficient (Wildman–Crippen LogP) is 3.99. The lowest BCUT2D eigenvalue weighted by atomic mass is 10.1. The van der Waals surface area contributed by atoms with Gasteiger partial charge < -0.3 is 9.47 Å².